The molecule has 0 radical (unpaired) electrons. The van der Waals surface area contributed by atoms with Crippen molar-refractivity contribution in [3.05, 3.63) is 53.6 Å². The fourth-order valence-electron chi connectivity index (χ4n) is 2.39. The molecule has 0 aliphatic carbocycles. The lowest BCUT2D eigenvalue weighted by Crippen LogP contribution is -2.21. The van der Waals surface area contributed by atoms with Gasteiger partial charge in [0.05, 0.1) is 5.69 Å². The van der Waals surface area contributed by atoms with E-state index < -0.39 is 0 Å². The fourth-order valence-corrected chi connectivity index (χ4v) is 2.39. The largest absolute Gasteiger partial charge is 0.507 e. The molecule has 0 saturated heterocycles. The second-order valence-corrected chi connectivity index (χ2v) is 5.19. The third-order valence-electron chi connectivity index (χ3n) is 3.84. The number of rotatable bonds is 6. The van der Waals surface area contributed by atoms with Crippen LogP contribution < -0.4 is 4.90 Å². The highest BCUT2D eigenvalue weighted by atomic mass is 16.3. The van der Waals surface area contributed by atoms with Crippen LogP contribution in [-0.2, 0) is 6.42 Å². The van der Waals surface area contributed by atoms with Gasteiger partial charge in [-0.2, -0.15) is 0 Å². The molecule has 0 bridgehead atoms. The van der Waals surface area contributed by atoms with Gasteiger partial charge < -0.3 is 10.0 Å². The van der Waals surface area contributed by atoms with E-state index in [-0.39, 0.29) is 5.75 Å². The molecule has 0 aliphatic rings. The molecule has 2 aromatic rings. The molecule has 0 aromatic heterocycles. The number of aryl methyl sites for hydroxylation is 1. The van der Waals surface area contributed by atoms with E-state index in [1.807, 2.05) is 24.3 Å². The molecule has 0 heterocycles. The van der Waals surface area contributed by atoms with Gasteiger partial charge >= 0.3 is 0 Å². The van der Waals surface area contributed by atoms with Crippen LogP contribution in [0.3, 0.4) is 0 Å². The fraction of sp³-hybridized carbons (Fsp3) is 0.316. The van der Waals surface area contributed by atoms with Crippen molar-refractivity contribution in [2.24, 2.45) is 4.99 Å². The zero-order chi connectivity index (χ0) is 15.9. The Kier molecular flexibility index (Phi) is 5.59. The number of aliphatic imine (C=N–C) groups is 1. The minimum Gasteiger partial charge on any atom is -0.507 e. The topological polar surface area (TPSA) is 35.8 Å². The molecule has 0 amide bonds. The lowest BCUT2D eigenvalue weighted by atomic mass is 10.1. The normalized spacial score (nSPS) is 11.0. The second kappa shape index (κ2) is 7.64. The van der Waals surface area contributed by atoms with Gasteiger partial charge in [0.1, 0.15) is 5.75 Å². The number of phenolic OH excluding ortho intramolecular Hbond substituents is 1. The van der Waals surface area contributed by atoms with Crippen molar-refractivity contribution in [2.45, 2.75) is 27.2 Å². The van der Waals surface area contributed by atoms with Crippen molar-refractivity contribution >= 4 is 17.6 Å². The summed E-state index contributed by atoms with van der Waals surface area (Å²) in [5.41, 5.74) is 3.96. The van der Waals surface area contributed by atoms with E-state index in [1.54, 1.807) is 12.3 Å². The summed E-state index contributed by atoms with van der Waals surface area (Å²) in [5, 5.41) is 10.2. The minimum absolute atomic E-state index is 0.262. The van der Waals surface area contributed by atoms with Crippen LogP contribution in [0.2, 0.25) is 0 Å². The summed E-state index contributed by atoms with van der Waals surface area (Å²) >= 11 is 0. The third-order valence-corrected chi connectivity index (χ3v) is 3.84. The smallest absolute Gasteiger partial charge is 0.126 e. The van der Waals surface area contributed by atoms with Gasteiger partial charge in [-0.1, -0.05) is 19.1 Å². The number of phenols is 1. The molecule has 0 saturated carbocycles. The lowest BCUT2D eigenvalue weighted by Gasteiger charge is -2.21. The molecule has 3 heteroatoms. The van der Waals surface area contributed by atoms with Gasteiger partial charge in [0.15, 0.2) is 0 Å². The van der Waals surface area contributed by atoms with Gasteiger partial charge in [0.25, 0.3) is 0 Å². The summed E-state index contributed by atoms with van der Waals surface area (Å²) in [6.07, 6.45) is 2.74. The molecular weight excluding hydrogens is 272 g/mol. The van der Waals surface area contributed by atoms with Crippen molar-refractivity contribution in [3.8, 4) is 5.75 Å². The highest BCUT2D eigenvalue weighted by molar-refractivity contribution is 5.86. The number of nitrogens with zero attached hydrogens (tertiary/aromatic N) is 2. The van der Waals surface area contributed by atoms with Crippen LogP contribution >= 0.6 is 0 Å². The van der Waals surface area contributed by atoms with Crippen molar-refractivity contribution < 1.29 is 5.11 Å². The van der Waals surface area contributed by atoms with Crippen LogP contribution in [-0.4, -0.2) is 24.4 Å². The van der Waals surface area contributed by atoms with Crippen LogP contribution in [0.25, 0.3) is 0 Å². The van der Waals surface area contributed by atoms with Gasteiger partial charge in [0.2, 0.25) is 0 Å². The van der Waals surface area contributed by atoms with Crippen molar-refractivity contribution in [1.82, 2.24) is 0 Å². The Labute approximate surface area is 132 Å². The molecule has 1 N–H and O–H groups in total. The Morgan fingerprint density at radius 1 is 1.00 bits per heavy atom. The van der Waals surface area contributed by atoms with E-state index in [0.717, 1.165) is 36.4 Å². The molecular formula is C19H24N2O. The maximum Gasteiger partial charge on any atom is 0.126 e. The first-order valence-electron chi connectivity index (χ1n) is 7.88. The zero-order valence-electron chi connectivity index (χ0n) is 13.6. The van der Waals surface area contributed by atoms with Crippen molar-refractivity contribution in [2.75, 3.05) is 18.0 Å². The molecule has 116 valence electrons. The average Bonchev–Trinajstić information content (AvgIpc) is 2.55. The van der Waals surface area contributed by atoms with Crippen LogP contribution in [0.15, 0.2) is 47.5 Å². The van der Waals surface area contributed by atoms with Gasteiger partial charge in [-0.05, 0) is 50.1 Å². The quantitative estimate of drug-likeness (QED) is 0.794. The molecule has 3 nitrogen and oxygen atoms in total. The molecule has 22 heavy (non-hydrogen) atoms. The Bertz CT molecular complexity index is 628. The highest BCUT2D eigenvalue weighted by Gasteiger charge is 2.05. The zero-order valence-corrected chi connectivity index (χ0v) is 13.6. The van der Waals surface area contributed by atoms with E-state index in [2.05, 4.69) is 42.8 Å². The van der Waals surface area contributed by atoms with Crippen molar-refractivity contribution in [3.63, 3.8) is 0 Å². The summed E-state index contributed by atoms with van der Waals surface area (Å²) in [5.74, 6) is 0.262. The van der Waals surface area contributed by atoms with E-state index in [1.165, 1.54) is 5.56 Å². The standard InChI is InChI=1S/C19H24N2O/c1-4-15-7-10-17(11-8-15)20-14-16-9-12-18(13-19(16)22)21(5-2)6-3/h7-14,22H,4-6H2,1-3H3. The van der Waals surface area contributed by atoms with Crippen LogP contribution in [0.5, 0.6) is 5.75 Å². The van der Waals surface area contributed by atoms with E-state index in [4.69, 9.17) is 0 Å². The van der Waals surface area contributed by atoms with Crippen LogP contribution in [0.1, 0.15) is 31.9 Å². The second-order valence-electron chi connectivity index (χ2n) is 5.19. The SMILES string of the molecule is CCc1ccc(N=Cc2ccc(N(CC)CC)cc2O)cc1. The Balaban J connectivity index is 2.16. The van der Waals surface area contributed by atoms with Gasteiger partial charge in [-0.15, -0.1) is 0 Å². The summed E-state index contributed by atoms with van der Waals surface area (Å²) in [6, 6.07) is 13.9. The lowest BCUT2D eigenvalue weighted by molar-refractivity contribution is 0.474. The number of hydrogen-bond donors (Lipinski definition) is 1. The first kappa shape index (κ1) is 16.1. The maximum atomic E-state index is 10.2. The molecule has 0 fully saturated rings. The van der Waals surface area contributed by atoms with Gasteiger partial charge in [0, 0.05) is 36.6 Å². The summed E-state index contributed by atoms with van der Waals surface area (Å²) in [6.45, 7) is 8.19. The Hall–Kier alpha value is -2.29. The van der Waals surface area contributed by atoms with Crippen molar-refractivity contribution in [1.29, 1.82) is 0 Å². The van der Waals surface area contributed by atoms with E-state index in [0.29, 0.717) is 0 Å². The molecule has 0 aliphatic heterocycles. The predicted molar refractivity (Wildman–Crippen MR) is 94.7 cm³/mol. The monoisotopic (exact) mass is 296 g/mol. The molecule has 0 unspecified atom stereocenters. The summed E-state index contributed by atoms with van der Waals surface area (Å²) in [4.78, 5) is 6.63. The third kappa shape index (κ3) is 3.88. The van der Waals surface area contributed by atoms with Gasteiger partial charge in [-0.25, -0.2) is 0 Å². The first-order chi connectivity index (χ1) is 10.7. The predicted octanol–water partition coefficient (Wildman–Crippen LogP) is 4.55. The van der Waals surface area contributed by atoms with Gasteiger partial charge in [-0.3, -0.25) is 4.99 Å². The van der Waals surface area contributed by atoms with Crippen LogP contribution in [0, 0.1) is 0 Å². The molecule has 0 spiro atoms. The molecule has 0 atom stereocenters. The highest BCUT2D eigenvalue weighted by Crippen LogP contribution is 2.24. The number of benzene rings is 2. The summed E-state index contributed by atoms with van der Waals surface area (Å²) < 4.78 is 0. The summed E-state index contributed by atoms with van der Waals surface area (Å²) in [7, 11) is 0. The van der Waals surface area contributed by atoms with Crippen LogP contribution in [0.4, 0.5) is 11.4 Å². The molecule has 2 aromatic carbocycles. The average molecular weight is 296 g/mol. The Morgan fingerprint density at radius 2 is 1.68 bits per heavy atom. The number of anilines is 1. The van der Waals surface area contributed by atoms with E-state index in [9.17, 15) is 5.11 Å². The minimum atomic E-state index is 0.262. The number of hydrogen-bond acceptors (Lipinski definition) is 3. The Morgan fingerprint density at radius 3 is 2.23 bits per heavy atom. The first-order valence-corrected chi connectivity index (χ1v) is 7.88. The molecule has 2 rings (SSSR count). The van der Waals surface area contributed by atoms with E-state index >= 15 is 0 Å². The number of aromatic hydroxyl groups is 1. The maximum absolute atomic E-state index is 10.2.